The maximum absolute atomic E-state index is 7.65. The molecule has 1 aromatic rings. The molecule has 0 radical (unpaired) electrons. The number of benzene rings is 1. The number of hydrogen-bond donors (Lipinski definition) is 2. The molecule has 0 aromatic heterocycles. The molecule has 1 aromatic carbocycles. The SMILES string of the molecule is CCN(CC1CC1)c1cccc(Cl)c1C(=N)N. The largest absolute Gasteiger partial charge is 0.384 e. The van der Waals surface area contributed by atoms with Crippen molar-refractivity contribution in [3.05, 3.63) is 28.8 Å². The Morgan fingerprint density at radius 1 is 1.53 bits per heavy atom. The topological polar surface area (TPSA) is 53.1 Å². The van der Waals surface area contributed by atoms with Crippen LogP contribution in [-0.2, 0) is 0 Å². The van der Waals surface area contributed by atoms with Gasteiger partial charge in [-0.05, 0) is 37.8 Å². The molecule has 0 aliphatic heterocycles. The first-order chi connectivity index (χ1) is 8.13. The normalized spacial score (nSPS) is 14.7. The molecule has 0 atom stereocenters. The number of nitrogen functional groups attached to an aromatic ring is 1. The summed E-state index contributed by atoms with van der Waals surface area (Å²) in [5, 5.41) is 8.21. The van der Waals surface area contributed by atoms with E-state index in [9.17, 15) is 0 Å². The third-order valence-electron chi connectivity index (χ3n) is 3.16. The van der Waals surface area contributed by atoms with Crippen molar-refractivity contribution in [3.8, 4) is 0 Å². The van der Waals surface area contributed by atoms with E-state index in [1.54, 1.807) is 6.07 Å². The highest BCUT2D eigenvalue weighted by Crippen LogP contribution is 2.33. The second kappa shape index (κ2) is 4.96. The van der Waals surface area contributed by atoms with E-state index in [-0.39, 0.29) is 5.84 Å². The van der Waals surface area contributed by atoms with Crippen LogP contribution in [0.15, 0.2) is 18.2 Å². The lowest BCUT2D eigenvalue weighted by atomic mass is 10.1. The minimum absolute atomic E-state index is 0.0415. The molecule has 4 heteroatoms. The fourth-order valence-electron chi connectivity index (χ4n) is 2.05. The van der Waals surface area contributed by atoms with Gasteiger partial charge in [-0.15, -0.1) is 0 Å². The first-order valence-corrected chi connectivity index (χ1v) is 6.39. The van der Waals surface area contributed by atoms with Crippen LogP contribution in [0.4, 0.5) is 5.69 Å². The molecule has 1 fully saturated rings. The van der Waals surface area contributed by atoms with Gasteiger partial charge in [0, 0.05) is 18.8 Å². The Labute approximate surface area is 107 Å². The van der Waals surface area contributed by atoms with Gasteiger partial charge < -0.3 is 10.6 Å². The molecule has 0 heterocycles. The van der Waals surface area contributed by atoms with E-state index in [1.807, 2.05) is 12.1 Å². The van der Waals surface area contributed by atoms with Crippen molar-refractivity contribution in [2.75, 3.05) is 18.0 Å². The number of nitrogens with one attached hydrogen (secondary N) is 1. The molecular formula is C13H18ClN3. The standard InChI is InChI=1S/C13H18ClN3/c1-2-17(8-9-6-7-9)11-5-3-4-10(14)12(11)13(15)16/h3-5,9H,2,6-8H2,1H3,(H3,15,16). The third-order valence-corrected chi connectivity index (χ3v) is 3.47. The quantitative estimate of drug-likeness (QED) is 0.625. The number of hydrogen-bond acceptors (Lipinski definition) is 2. The number of nitrogens with two attached hydrogens (primary N) is 1. The van der Waals surface area contributed by atoms with Gasteiger partial charge in [-0.3, -0.25) is 5.41 Å². The zero-order valence-electron chi connectivity index (χ0n) is 10.0. The lowest BCUT2D eigenvalue weighted by Crippen LogP contribution is -2.28. The molecule has 0 saturated heterocycles. The molecule has 0 bridgehead atoms. The minimum Gasteiger partial charge on any atom is -0.384 e. The zero-order chi connectivity index (χ0) is 12.4. The minimum atomic E-state index is 0.0415. The molecule has 0 spiro atoms. The van der Waals surface area contributed by atoms with Gasteiger partial charge in [0.15, 0.2) is 0 Å². The van der Waals surface area contributed by atoms with E-state index >= 15 is 0 Å². The average molecular weight is 252 g/mol. The molecule has 1 aliphatic carbocycles. The van der Waals surface area contributed by atoms with Gasteiger partial charge >= 0.3 is 0 Å². The Balaban J connectivity index is 2.33. The van der Waals surface area contributed by atoms with Crippen LogP contribution in [0, 0.1) is 11.3 Å². The average Bonchev–Trinajstić information content (AvgIpc) is 3.08. The highest BCUT2D eigenvalue weighted by Gasteiger charge is 2.25. The van der Waals surface area contributed by atoms with Crippen LogP contribution in [-0.4, -0.2) is 18.9 Å². The van der Waals surface area contributed by atoms with Crippen molar-refractivity contribution in [1.82, 2.24) is 0 Å². The maximum atomic E-state index is 7.65. The van der Waals surface area contributed by atoms with Crippen LogP contribution in [0.1, 0.15) is 25.3 Å². The summed E-state index contributed by atoms with van der Waals surface area (Å²) in [6.45, 7) is 4.07. The summed E-state index contributed by atoms with van der Waals surface area (Å²) < 4.78 is 0. The number of halogens is 1. The number of amidine groups is 1. The van der Waals surface area contributed by atoms with Gasteiger partial charge in [0.2, 0.25) is 0 Å². The van der Waals surface area contributed by atoms with Crippen molar-refractivity contribution in [2.45, 2.75) is 19.8 Å². The highest BCUT2D eigenvalue weighted by atomic mass is 35.5. The van der Waals surface area contributed by atoms with Crippen LogP contribution >= 0.6 is 11.6 Å². The number of rotatable bonds is 5. The molecule has 92 valence electrons. The van der Waals surface area contributed by atoms with Crippen molar-refractivity contribution in [1.29, 1.82) is 5.41 Å². The highest BCUT2D eigenvalue weighted by molar-refractivity contribution is 6.34. The summed E-state index contributed by atoms with van der Waals surface area (Å²) in [4.78, 5) is 2.26. The Bertz CT molecular complexity index is 427. The second-order valence-corrected chi connectivity index (χ2v) is 4.94. The van der Waals surface area contributed by atoms with Crippen molar-refractivity contribution in [2.24, 2.45) is 11.7 Å². The van der Waals surface area contributed by atoms with Crippen LogP contribution in [0.2, 0.25) is 5.02 Å². The van der Waals surface area contributed by atoms with Crippen LogP contribution in [0.3, 0.4) is 0 Å². The molecule has 0 unspecified atom stereocenters. The Morgan fingerprint density at radius 2 is 2.24 bits per heavy atom. The van der Waals surface area contributed by atoms with Gasteiger partial charge in [0.25, 0.3) is 0 Å². The van der Waals surface area contributed by atoms with E-state index < -0.39 is 0 Å². The Kier molecular flexibility index (Phi) is 3.57. The van der Waals surface area contributed by atoms with E-state index in [2.05, 4.69) is 11.8 Å². The third kappa shape index (κ3) is 2.72. The summed E-state index contributed by atoms with van der Waals surface area (Å²) in [6, 6.07) is 5.70. The summed E-state index contributed by atoms with van der Waals surface area (Å²) in [7, 11) is 0. The smallest absolute Gasteiger partial charge is 0.126 e. The lowest BCUT2D eigenvalue weighted by molar-refractivity contribution is 0.741. The fourth-order valence-corrected chi connectivity index (χ4v) is 2.32. The monoisotopic (exact) mass is 251 g/mol. The molecule has 1 aliphatic rings. The second-order valence-electron chi connectivity index (χ2n) is 4.53. The lowest BCUT2D eigenvalue weighted by Gasteiger charge is -2.26. The van der Waals surface area contributed by atoms with Crippen molar-refractivity contribution >= 4 is 23.1 Å². The van der Waals surface area contributed by atoms with Crippen LogP contribution < -0.4 is 10.6 Å². The predicted octanol–water partition coefficient (Wildman–Crippen LogP) is 2.86. The Hall–Kier alpha value is -1.22. The number of anilines is 1. The van der Waals surface area contributed by atoms with E-state index in [4.69, 9.17) is 22.7 Å². The maximum Gasteiger partial charge on any atom is 0.126 e. The van der Waals surface area contributed by atoms with Crippen LogP contribution in [0.5, 0.6) is 0 Å². The van der Waals surface area contributed by atoms with Gasteiger partial charge in [-0.2, -0.15) is 0 Å². The van der Waals surface area contributed by atoms with E-state index in [1.165, 1.54) is 12.8 Å². The van der Waals surface area contributed by atoms with Gasteiger partial charge in [0.05, 0.1) is 10.6 Å². The Morgan fingerprint density at radius 3 is 2.76 bits per heavy atom. The van der Waals surface area contributed by atoms with E-state index in [0.29, 0.717) is 10.6 Å². The summed E-state index contributed by atoms with van der Waals surface area (Å²) >= 11 is 6.13. The fraction of sp³-hybridized carbons (Fsp3) is 0.462. The zero-order valence-corrected chi connectivity index (χ0v) is 10.8. The number of nitrogens with zero attached hydrogens (tertiary/aromatic N) is 1. The molecule has 17 heavy (non-hydrogen) atoms. The van der Waals surface area contributed by atoms with E-state index in [0.717, 1.165) is 24.7 Å². The van der Waals surface area contributed by atoms with Crippen molar-refractivity contribution in [3.63, 3.8) is 0 Å². The predicted molar refractivity (Wildman–Crippen MR) is 73.1 cm³/mol. The van der Waals surface area contributed by atoms with Gasteiger partial charge in [-0.1, -0.05) is 17.7 Å². The molecule has 3 nitrogen and oxygen atoms in total. The molecule has 1 saturated carbocycles. The molecular weight excluding hydrogens is 234 g/mol. The molecule has 3 N–H and O–H groups in total. The summed E-state index contributed by atoms with van der Waals surface area (Å²) in [5.41, 5.74) is 7.28. The summed E-state index contributed by atoms with van der Waals surface area (Å²) in [6.07, 6.45) is 2.62. The summed E-state index contributed by atoms with van der Waals surface area (Å²) in [5.74, 6) is 0.841. The molecule has 0 amide bonds. The first-order valence-electron chi connectivity index (χ1n) is 6.01. The molecule has 2 rings (SSSR count). The first kappa shape index (κ1) is 12.2. The van der Waals surface area contributed by atoms with Gasteiger partial charge in [0.1, 0.15) is 5.84 Å². The van der Waals surface area contributed by atoms with Crippen molar-refractivity contribution < 1.29 is 0 Å². The van der Waals surface area contributed by atoms with Crippen LogP contribution in [0.25, 0.3) is 0 Å². The van der Waals surface area contributed by atoms with Gasteiger partial charge in [-0.25, -0.2) is 0 Å².